The van der Waals surface area contributed by atoms with E-state index >= 15 is 0 Å². The van der Waals surface area contributed by atoms with Crippen molar-refractivity contribution >= 4 is 0 Å². The van der Waals surface area contributed by atoms with Gasteiger partial charge in [0.05, 0.1) is 17.3 Å². The molecule has 174 valence electrons. The van der Waals surface area contributed by atoms with Gasteiger partial charge < -0.3 is 15.3 Å². The topological polar surface area (TPSA) is 60.7 Å². The average Bonchev–Trinajstić information content (AvgIpc) is 3.05. The van der Waals surface area contributed by atoms with Crippen molar-refractivity contribution in [1.82, 2.24) is 0 Å². The van der Waals surface area contributed by atoms with Crippen molar-refractivity contribution in [3.63, 3.8) is 0 Å². The lowest BCUT2D eigenvalue weighted by atomic mass is 9.60. The van der Waals surface area contributed by atoms with Crippen LogP contribution in [0.1, 0.15) is 86.0 Å². The molecule has 3 saturated carbocycles. The Hall–Kier alpha value is -1.16. The molecule has 3 nitrogen and oxygen atoms in total. The summed E-state index contributed by atoms with van der Waals surface area (Å²) in [6, 6.07) is 0. The van der Waals surface area contributed by atoms with E-state index in [2.05, 4.69) is 25.7 Å². The highest BCUT2D eigenvalue weighted by molar-refractivity contribution is 5.36. The van der Waals surface area contributed by atoms with Crippen molar-refractivity contribution in [3.8, 4) is 0 Å². The molecule has 0 aromatic heterocycles. The van der Waals surface area contributed by atoms with E-state index in [9.17, 15) is 15.3 Å². The van der Waals surface area contributed by atoms with Crippen molar-refractivity contribution in [2.45, 2.75) is 103 Å². The fourth-order valence-corrected chi connectivity index (χ4v) is 6.24. The molecular weight excluding hydrogens is 384 g/mol. The molecule has 3 fully saturated rings. The van der Waals surface area contributed by atoms with E-state index in [1.54, 1.807) is 6.08 Å². The zero-order chi connectivity index (χ0) is 23.0. The molecule has 3 heteroatoms. The Labute approximate surface area is 189 Å². The predicted octanol–water partition coefficient (Wildman–Crippen LogP) is 5.87. The monoisotopic (exact) mass is 428 g/mol. The van der Waals surface area contributed by atoms with E-state index in [1.807, 2.05) is 33.8 Å². The highest BCUT2D eigenvalue weighted by atomic mass is 16.3. The first-order valence-electron chi connectivity index (χ1n) is 12.3. The molecule has 0 bridgehead atoms. The standard InChI is InChI=1S/C28H44O3/c1-19(2)27(5,30)16-17-28(6,31)25-14-13-24-21(8-7-15-26(24,25)4)10-11-22-18-23(29)12-9-20(22)3/h10-11,16-17,19,23-25,29-31H,3,7-9,12-15,18H2,1-2,4-6H3/b17-16+,21-10+,22-11+/t23-,24?,25?,26-,27+,28-/m0/s1. The maximum Gasteiger partial charge on any atom is 0.0834 e. The summed E-state index contributed by atoms with van der Waals surface area (Å²) in [6.45, 7) is 14.3. The molecule has 6 atom stereocenters. The lowest BCUT2D eigenvalue weighted by Gasteiger charge is -2.46. The van der Waals surface area contributed by atoms with E-state index in [-0.39, 0.29) is 23.4 Å². The summed E-state index contributed by atoms with van der Waals surface area (Å²) in [5.74, 6) is 0.749. The van der Waals surface area contributed by atoms with Crippen LogP contribution in [0.5, 0.6) is 0 Å². The maximum absolute atomic E-state index is 11.5. The molecule has 0 saturated heterocycles. The molecule has 0 radical (unpaired) electrons. The Morgan fingerprint density at radius 1 is 1.06 bits per heavy atom. The highest BCUT2D eigenvalue weighted by Crippen LogP contribution is 2.60. The summed E-state index contributed by atoms with van der Waals surface area (Å²) >= 11 is 0. The Balaban J connectivity index is 1.82. The molecule has 3 aliphatic carbocycles. The molecule has 3 N–H and O–H groups in total. The molecule has 0 heterocycles. The first-order valence-corrected chi connectivity index (χ1v) is 12.3. The number of rotatable bonds is 5. The highest BCUT2D eigenvalue weighted by Gasteiger charge is 2.54. The quantitative estimate of drug-likeness (QED) is 0.480. The van der Waals surface area contributed by atoms with Gasteiger partial charge in [0.1, 0.15) is 0 Å². The molecular formula is C28H44O3. The molecule has 0 spiro atoms. The Morgan fingerprint density at radius 2 is 1.77 bits per heavy atom. The van der Waals surface area contributed by atoms with Gasteiger partial charge in [0.25, 0.3) is 0 Å². The molecule has 31 heavy (non-hydrogen) atoms. The van der Waals surface area contributed by atoms with E-state index in [1.165, 1.54) is 11.1 Å². The molecule has 2 unspecified atom stereocenters. The Morgan fingerprint density at radius 3 is 2.45 bits per heavy atom. The van der Waals surface area contributed by atoms with Gasteiger partial charge in [-0.25, -0.2) is 0 Å². The fraction of sp³-hybridized carbons (Fsp3) is 0.714. The minimum absolute atomic E-state index is 0.0587. The summed E-state index contributed by atoms with van der Waals surface area (Å²) in [5, 5.41) is 32.1. The number of aliphatic hydroxyl groups is 3. The largest absolute Gasteiger partial charge is 0.393 e. The fourth-order valence-electron chi connectivity index (χ4n) is 6.24. The minimum atomic E-state index is -0.939. The second-order valence-corrected chi connectivity index (χ2v) is 11.4. The Kier molecular flexibility index (Phi) is 7.11. The van der Waals surface area contributed by atoms with E-state index in [0.717, 1.165) is 50.5 Å². The van der Waals surface area contributed by atoms with Crippen LogP contribution in [0.15, 0.2) is 47.6 Å². The summed E-state index contributed by atoms with van der Waals surface area (Å²) < 4.78 is 0. The van der Waals surface area contributed by atoms with Crippen LogP contribution in [0, 0.1) is 23.2 Å². The zero-order valence-electron chi connectivity index (χ0n) is 20.3. The second-order valence-electron chi connectivity index (χ2n) is 11.4. The van der Waals surface area contributed by atoms with Crippen LogP contribution in [0.4, 0.5) is 0 Å². The molecule has 0 aromatic carbocycles. The van der Waals surface area contributed by atoms with Gasteiger partial charge >= 0.3 is 0 Å². The third-order valence-corrected chi connectivity index (χ3v) is 8.78. The van der Waals surface area contributed by atoms with E-state index < -0.39 is 11.2 Å². The van der Waals surface area contributed by atoms with Gasteiger partial charge in [-0.3, -0.25) is 0 Å². The summed E-state index contributed by atoms with van der Waals surface area (Å²) in [7, 11) is 0. The smallest absolute Gasteiger partial charge is 0.0834 e. The number of hydrogen-bond acceptors (Lipinski definition) is 3. The van der Waals surface area contributed by atoms with Gasteiger partial charge in [-0.15, -0.1) is 0 Å². The van der Waals surface area contributed by atoms with Crippen molar-refractivity contribution in [2.24, 2.45) is 23.2 Å². The number of aliphatic hydroxyl groups excluding tert-OH is 1. The first-order chi connectivity index (χ1) is 14.4. The SMILES string of the molecule is C=C1CC[C@H](O)C/C1=C\C=C1/CCC[C@@]2(C)C1CCC2[C@@](C)(O)/C=C/[C@@](C)(O)C(C)C. The summed E-state index contributed by atoms with van der Waals surface area (Å²) in [6.07, 6.45) is 15.8. The number of fused-ring (bicyclic) bond motifs is 1. The van der Waals surface area contributed by atoms with Crippen LogP contribution < -0.4 is 0 Å². The van der Waals surface area contributed by atoms with Crippen LogP contribution >= 0.6 is 0 Å². The minimum Gasteiger partial charge on any atom is -0.393 e. The normalized spacial score (nSPS) is 38.6. The number of allylic oxidation sites excluding steroid dienone is 4. The van der Waals surface area contributed by atoms with Gasteiger partial charge in [0.2, 0.25) is 0 Å². The number of hydrogen-bond donors (Lipinski definition) is 3. The van der Waals surface area contributed by atoms with E-state index in [0.29, 0.717) is 12.3 Å². The first kappa shape index (κ1) is 24.5. The van der Waals surface area contributed by atoms with Gasteiger partial charge in [-0.2, -0.15) is 0 Å². The van der Waals surface area contributed by atoms with E-state index in [4.69, 9.17) is 0 Å². The van der Waals surface area contributed by atoms with Crippen LogP contribution in [0.3, 0.4) is 0 Å². The molecule has 0 aliphatic heterocycles. The zero-order valence-corrected chi connectivity index (χ0v) is 20.3. The van der Waals surface area contributed by atoms with Crippen molar-refractivity contribution in [1.29, 1.82) is 0 Å². The third-order valence-electron chi connectivity index (χ3n) is 8.78. The van der Waals surface area contributed by atoms with Crippen molar-refractivity contribution < 1.29 is 15.3 Å². The van der Waals surface area contributed by atoms with Crippen LogP contribution in [0.25, 0.3) is 0 Å². The van der Waals surface area contributed by atoms with Gasteiger partial charge in [-0.1, -0.05) is 62.8 Å². The second kappa shape index (κ2) is 9.00. The molecule has 0 amide bonds. The average molecular weight is 429 g/mol. The van der Waals surface area contributed by atoms with Crippen LogP contribution in [-0.2, 0) is 0 Å². The molecule has 3 rings (SSSR count). The van der Waals surface area contributed by atoms with Gasteiger partial charge in [0.15, 0.2) is 0 Å². The lowest BCUT2D eigenvalue weighted by Crippen LogP contribution is -2.44. The maximum atomic E-state index is 11.5. The molecule has 0 aromatic rings. The van der Waals surface area contributed by atoms with Crippen molar-refractivity contribution in [2.75, 3.05) is 0 Å². The van der Waals surface area contributed by atoms with Gasteiger partial charge in [0, 0.05) is 0 Å². The summed E-state index contributed by atoms with van der Waals surface area (Å²) in [5.41, 5.74) is 2.05. The Bertz CT molecular complexity index is 767. The van der Waals surface area contributed by atoms with Gasteiger partial charge in [-0.05, 0) is 94.0 Å². The summed E-state index contributed by atoms with van der Waals surface area (Å²) in [4.78, 5) is 0. The van der Waals surface area contributed by atoms with Crippen LogP contribution in [-0.4, -0.2) is 32.6 Å². The molecule has 3 aliphatic rings. The predicted molar refractivity (Wildman–Crippen MR) is 129 cm³/mol. The van der Waals surface area contributed by atoms with Crippen molar-refractivity contribution in [3.05, 3.63) is 47.6 Å². The van der Waals surface area contributed by atoms with Crippen LogP contribution in [0.2, 0.25) is 0 Å². The lowest BCUT2D eigenvalue weighted by molar-refractivity contribution is -0.0260. The third kappa shape index (κ3) is 5.10.